The zero-order valence-corrected chi connectivity index (χ0v) is 13.8. The van der Waals surface area contributed by atoms with Gasteiger partial charge in [-0.25, -0.2) is 0 Å². The minimum atomic E-state index is 0.158. The Kier molecular flexibility index (Phi) is 5.18. The Balaban J connectivity index is 2.00. The predicted molar refractivity (Wildman–Crippen MR) is 83.6 cm³/mol. The van der Waals surface area contributed by atoms with Crippen LogP contribution >= 0.6 is 15.9 Å². The molecule has 0 aromatic heterocycles. The molecule has 110 valence electrons. The van der Waals surface area contributed by atoms with E-state index in [-0.39, 0.29) is 5.78 Å². The van der Waals surface area contributed by atoms with E-state index in [1.54, 1.807) is 7.11 Å². The normalized spacial score (nSPS) is 20.9. The number of Topliss-reactive ketones (excluding diaryl/α,β-unsaturated/α-hetero) is 1. The molecule has 1 unspecified atom stereocenters. The van der Waals surface area contributed by atoms with Crippen LogP contribution in [0, 0.1) is 0 Å². The number of benzene rings is 1. The fourth-order valence-electron chi connectivity index (χ4n) is 2.40. The average Bonchev–Trinajstić information content (AvgIpc) is 2.42. The van der Waals surface area contributed by atoms with Gasteiger partial charge in [0, 0.05) is 31.2 Å². The summed E-state index contributed by atoms with van der Waals surface area (Å²) in [7, 11) is 3.75. The highest BCUT2D eigenvalue weighted by Gasteiger charge is 2.22. The first-order valence-corrected chi connectivity index (χ1v) is 7.60. The summed E-state index contributed by atoms with van der Waals surface area (Å²) in [5.74, 6) is 0.903. The van der Waals surface area contributed by atoms with E-state index in [0.717, 1.165) is 35.4 Å². The van der Waals surface area contributed by atoms with Crippen LogP contribution in [0.4, 0.5) is 0 Å². The maximum absolute atomic E-state index is 12.3. The molecule has 1 aliphatic heterocycles. The van der Waals surface area contributed by atoms with E-state index in [0.29, 0.717) is 12.6 Å². The number of hydrogen-bond donors (Lipinski definition) is 0. The lowest BCUT2D eigenvalue weighted by atomic mass is 10.1. The second kappa shape index (κ2) is 6.70. The van der Waals surface area contributed by atoms with E-state index in [4.69, 9.17) is 4.74 Å². The lowest BCUT2D eigenvalue weighted by Gasteiger charge is -2.37. The van der Waals surface area contributed by atoms with Crippen LogP contribution in [0.5, 0.6) is 5.75 Å². The van der Waals surface area contributed by atoms with Gasteiger partial charge in [-0.3, -0.25) is 9.69 Å². The standard InChI is InChI=1S/C15H21BrN2O2/c1-11-9-18(7-6-17(11)2)10-14(19)12-4-5-15(20-3)13(16)8-12/h4-5,8,11H,6-7,9-10H2,1-3H3. The van der Waals surface area contributed by atoms with Crippen molar-refractivity contribution in [1.29, 1.82) is 0 Å². The van der Waals surface area contributed by atoms with Gasteiger partial charge in [-0.15, -0.1) is 0 Å². The van der Waals surface area contributed by atoms with Gasteiger partial charge >= 0.3 is 0 Å². The summed E-state index contributed by atoms with van der Waals surface area (Å²) in [4.78, 5) is 16.9. The van der Waals surface area contributed by atoms with Crippen LogP contribution < -0.4 is 4.74 Å². The first-order valence-electron chi connectivity index (χ1n) is 6.80. The van der Waals surface area contributed by atoms with E-state index in [1.807, 2.05) is 18.2 Å². The molecule has 0 radical (unpaired) electrons. The Hall–Kier alpha value is -0.910. The lowest BCUT2D eigenvalue weighted by molar-refractivity contribution is 0.0786. The highest BCUT2D eigenvalue weighted by atomic mass is 79.9. The molecule has 1 saturated heterocycles. The van der Waals surface area contributed by atoms with Gasteiger partial charge in [0.25, 0.3) is 0 Å². The van der Waals surface area contributed by atoms with Gasteiger partial charge in [0.05, 0.1) is 18.1 Å². The third kappa shape index (κ3) is 3.59. The third-order valence-corrected chi connectivity index (χ3v) is 4.50. The Morgan fingerprint density at radius 2 is 2.20 bits per heavy atom. The molecule has 2 rings (SSSR count). The van der Waals surface area contributed by atoms with Crippen LogP contribution in [0.25, 0.3) is 0 Å². The largest absolute Gasteiger partial charge is 0.496 e. The van der Waals surface area contributed by atoms with Crippen molar-refractivity contribution in [2.45, 2.75) is 13.0 Å². The van der Waals surface area contributed by atoms with Gasteiger partial charge < -0.3 is 9.64 Å². The number of rotatable bonds is 4. The Labute approximate surface area is 128 Å². The number of piperazine rings is 1. The molecule has 0 saturated carbocycles. The molecular formula is C15H21BrN2O2. The maximum Gasteiger partial charge on any atom is 0.176 e. The van der Waals surface area contributed by atoms with E-state index in [9.17, 15) is 4.79 Å². The molecule has 0 aliphatic carbocycles. The summed E-state index contributed by atoms with van der Waals surface area (Å²) in [6.45, 7) is 5.59. The van der Waals surface area contributed by atoms with Crippen molar-refractivity contribution >= 4 is 21.7 Å². The molecule has 1 heterocycles. The van der Waals surface area contributed by atoms with Crippen LogP contribution in [0.15, 0.2) is 22.7 Å². The molecule has 0 N–H and O–H groups in total. The Morgan fingerprint density at radius 3 is 2.80 bits per heavy atom. The predicted octanol–water partition coefficient (Wildman–Crippen LogP) is 2.28. The first kappa shape index (κ1) is 15.5. The van der Waals surface area contributed by atoms with Crippen molar-refractivity contribution in [1.82, 2.24) is 9.80 Å². The van der Waals surface area contributed by atoms with Crippen LogP contribution in [0.3, 0.4) is 0 Å². The summed E-state index contributed by atoms with van der Waals surface area (Å²) >= 11 is 3.42. The summed E-state index contributed by atoms with van der Waals surface area (Å²) in [6, 6.07) is 5.98. The highest BCUT2D eigenvalue weighted by molar-refractivity contribution is 9.10. The minimum absolute atomic E-state index is 0.158. The Morgan fingerprint density at radius 1 is 1.45 bits per heavy atom. The zero-order chi connectivity index (χ0) is 14.7. The summed E-state index contributed by atoms with van der Waals surface area (Å²) < 4.78 is 6.00. The molecule has 4 nitrogen and oxygen atoms in total. The number of nitrogens with zero attached hydrogens (tertiary/aromatic N) is 2. The van der Waals surface area contributed by atoms with Crippen molar-refractivity contribution in [2.24, 2.45) is 0 Å². The van der Waals surface area contributed by atoms with Gasteiger partial charge in [0.1, 0.15) is 5.75 Å². The molecule has 1 atom stereocenters. The van der Waals surface area contributed by atoms with Crippen molar-refractivity contribution in [3.05, 3.63) is 28.2 Å². The lowest BCUT2D eigenvalue weighted by Crippen LogP contribution is -2.51. The van der Waals surface area contributed by atoms with Crippen LogP contribution in [-0.4, -0.2) is 62.0 Å². The monoisotopic (exact) mass is 340 g/mol. The Bertz CT molecular complexity index is 493. The quantitative estimate of drug-likeness (QED) is 0.787. The molecule has 1 fully saturated rings. The molecular weight excluding hydrogens is 320 g/mol. The fourth-order valence-corrected chi connectivity index (χ4v) is 2.94. The van der Waals surface area contributed by atoms with Gasteiger partial charge in [0.2, 0.25) is 0 Å². The number of methoxy groups -OCH3 is 1. The molecule has 0 bridgehead atoms. The molecule has 20 heavy (non-hydrogen) atoms. The van der Waals surface area contributed by atoms with E-state index in [1.165, 1.54) is 0 Å². The van der Waals surface area contributed by atoms with Crippen molar-refractivity contribution in [2.75, 3.05) is 40.3 Å². The molecule has 1 aromatic carbocycles. The number of ether oxygens (including phenoxy) is 1. The molecule has 5 heteroatoms. The number of hydrogen-bond acceptors (Lipinski definition) is 4. The number of likely N-dealkylation sites (N-methyl/N-ethyl adjacent to an activating group) is 1. The van der Waals surface area contributed by atoms with Crippen LogP contribution in [-0.2, 0) is 0 Å². The van der Waals surface area contributed by atoms with Gasteiger partial charge in [-0.05, 0) is 48.1 Å². The second-order valence-electron chi connectivity index (χ2n) is 5.34. The van der Waals surface area contributed by atoms with Gasteiger partial charge in [-0.1, -0.05) is 0 Å². The smallest absolute Gasteiger partial charge is 0.176 e. The average molecular weight is 341 g/mol. The third-order valence-electron chi connectivity index (χ3n) is 3.88. The number of carbonyl (C=O) groups is 1. The van der Waals surface area contributed by atoms with Crippen molar-refractivity contribution in [3.8, 4) is 5.75 Å². The summed E-state index contributed by atoms with van der Waals surface area (Å²) in [5.41, 5.74) is 0.726. The molecule has 1 aliphatic rings. The SMILES string of the molecule is COc1ccc(C(=O)CN2CCN(C)C(C)C2)cc1Br. The highest BCUT2D eigenvalue weighted by Crippen LogP contribution is 2.25. The minimum Gasteiger partial charge on any atom is -0.496 e. The zero-order valence-electron chi connectivity index (χ0n) is 12.2. The van der Waals surface area contributed by atoms with Crippen LogP contribution in [0.1, 0.15) is 17.3 Å². The van der Waals surface area contributed by atoms with Gasteiger partial charge in [0.15, 0.2) is 5.78 Å². The van der Waals surface area contributed by atoms with Gasteiger partial charge in [-0.2, -0.15) is 0 Å². The summed E-state index contributed by atoms with van der Waals surface area (Å²) in [5, 5.41) is 0. The number of halogens is 1. The topological polar surface area (TPSA) is 32.8 Å². The second-order valence-corrected chi connectivity index (χ2v) is 6.19. The number of carbonyl (C=O) groups excluding carboxylic acids is 1. The molecule has 1 aromatic rings. The number of ketones is 1. The van der Waals surface area contributed by atoms with Crippen molar-refractivity contribution < 1.29 is 9.53 Å². The van der Waals surface area contributed by atoms with E-state index in [2.05, 4.69) is 39.7 Å². The summed E-state index contributed by atoms with van der Waals surface area (Å²) in [6.07, 6.45) is 0. The molecule has 0 spiro atoms. The first-order chi connectivity index (χ1) is 9.51. The van der Waals surface area contributed by atoms with E-state index < -0.39 is 0 Å². The van der Waals surface area contributed by atoms with E-state index >= 15 is 0 Å². The molecule has 0 amide bonds. The van der Waals surface area contributed by atoms with Crippen LogP contribution in [0.2, 0.25) is 0 Å². The van der Waals surface area contributed by atoms with Crippen molar-refractivity contribution in [3.63, 3.8) is 0 Å². The maximum atomic E-state index is 12.3. The fraction of sp³-hybridized carbons (Fsp3) is 0.533.